The highest BCUT2D eigenvalue weighted by atomic mass is 35.5. The lowest BCUT2D eigenvalue weighted by Gasteiger charge is -2.12. The number of hydrazine groups is 1. The molecule has 1 amide bonds. The lowest BCUT2D eigenvalue weighted by molar-refractivity contribution is -0.384. The van der Waals surface area contributed by atoms with Crippen LogP contribution >= 0.6 is 35.4 Å². The second-order valence-electron chi connectivity index (χ2n) is 4.79. The number of nitro benzene ring substituents is 1. The van der Waals surface area contributed by atoms with Gasteiger partial charge in [0.2, 0.25) is 0 Å². The molecule has 0 heterocycles. The maximum absolute atomic E-state index is 11.7. The van der Waals surface area contributed by atoms with Gasteiger partial charge in [-0.05, 0) is 42.5 Å². The minimum atomic E-state index is -0.506. The molecule has 0 radical (unpaired) electrons. The highest BCUT2D eigenvalue weighted by Crippen LogP contribution is 2.27. The number of nitrogens with zero attached hydrogens (tertiary/aromatic N) is 1. The predicted molar refractivity (Wildman–Crippen MR) is 103 cm³/mol. The van der Waals surface area contributed by atoms with Gasteiger partial charge in [-0.3, -0.25) is 25.8 Å². The third-order valence-electron chi connectivity index (χ3n) is 2.90. The Bertz CT molecular complexity index is 833. The van der Waals surface area contributed by atoms with E-state index in [0.29, 0.717) is 16.5 Å². The molecule has 0 saturated carbocycles. The van der Waals surface area contributed by atoms with Crippen LogP contribution in [0.2, 0.25) is 10.0 Å². The SMILES string of the molecule is O=C(COc1ccc(Cl)cc1Cl)NNC(=S)Nc1ccc([N+](=O)[O-])cc1. The Morgan fingerprint density at radius 3 is 2.46 bits per heavy atom. The van der Waals surface area contributed by atoms with Gasteiger partial charge in [0.15, 0.2) is 11.7 Å². The van der Waals surface area contributed by atoms with Crippen LogP contribution in [0.4, 0.5) is 11.4 Å². The van der Waals surface area contributed by atoms with E-state index in [9.17, 15) is 14.9 Å². The van der Waals surface area contributed by atoms with E-state index in [1.54, 1.807) is 12.1 Å². The van der Waals surface area contributed by atoms with E-state index in [4.69, 9.17) is 40.2 Å². The topological polar surface area (TPSA) is 106 Å². The van der Waals surface area contributed by atoms with Gasteiger partial charge in [0.05, 0.1) is 9.95 Å². The van der Waals surface area contributed by atoms with Gasteiger partial charge in [0.25, 0.3) is 11.6 Å². The monoisotopic (exact) mass is 414 g/mol. The molecule has 0 saturated heterocycles. The Hall–Kier alpha value is -2.62. The van der Waals surface area contributed by atoms with E-state index in [-0.39, 0.29) is 22.4 Å². The number of hydrogen-bond acceptors (Lipinski definition) is 5. The molecule has 0 spiro atoms. The summed E-state index contributed by atoms with van der Waals surface area (Å²) in [4.78, 5) is 21.8. The van der Waals surface area contributed by atoms with Crippen molar-refractivity contribution in [3.05, 3.63) is 62.6 Å². The number of nitro groups is 1. The second kappa shape index (κ2) is 9.18. The van der Waals surface area contributed by atoms with Crippen molar-refractivity contribution >= 4 is 57.8 Å². The third-order valence-corrected chi connectivity index (χ3v) is 3.64. The maximum Gasteiger partial charge on any atom is 0.276 e. The van der Waals surface area contributed by atoms with Crippen LogP contribution in [0.3, 0.4) is 0 Å². The summed E-state index contributed by atoms with van der Waals surface area (Å²) in [6.07, 6.45) is 0. The lowest BCUT2D eigenvalue weighted by atomic mass is 10.3. The van der Waals surface area contributed by atoms with Crippen LogP contribution in [0.25, 0.3) is 0 Å². The van der Waals surface area contributed by atoms with Crippen LogP contribution in [0.5, 0.6) is 5.75 Å². The Kier molecular flexibility index (Phi) is 6.96. The van der Waals surface area contributed by atoms with Crippen LogP contribution < -0.4 is 20.9 Å². The molecule has 0 bridgehead atoms. The molecule has 0 unspecified atom stereocenters. The number of amides is 1. The smallest absolute Gasteiger partial charge is 0.276 e. The van der Waals surface area contributed by atoms with E-state index in [1.165, 1.54) is 30.3 Å². The number of carbonyl (C=O) groups is 1. The van der Waals surface area contributed by atoms with Gasteiger partial charge < -0.3 is 10.1 Å². The van der Waals surface area contributed by atoms with Crippen LogP contribution in [0, 0.1) is 10.1 Å². The van der Waals surface area contributed by atoms with Gasteiger partial charge in [-0.2, -0.15) is 0 Å². The third kappa shape index (κ3) is 6.03. The van der Waals surface area contributed by atoms with Gasteiger partial charge in [-0.15, -0.1) is 0 Å². The zero-order valence-corrected chi connectivity index (χ0v) is 15.3. The van der Waals surface area contributed by atoms with Crippen LogP contribution in [-0.2, 0) is 4.79 Å². The van der Waals surface area contributed by atoms with Crippen molar-refractivity contribution in [2.24, 2.45) is 0 Å². The van der Waals surface area contributed by atoms with Crippen molar-refractivity contribution < 1.29 is 14.5 Å². The molecule has 0 aliphatic heterocycles. The number of benzene rings is 2. The summed E-state index contributed by atoms with van der Waals surface area (Å²) in [5, 5.41) is 14.2. The van der Waals surface area contributed by atoms with Crippen molar-refractivity contribution in [1.82, 2.24) is 10.9 Å². The fourth-order valence-corrected chi connectivity index (χ4v) is 2.36. The second-order valence-corrected chi connectivity index (χ2v) is 6.05. The van der Waals surface area contributed by atoms with Crippen molar-refractivity contribution in [3.63, 3.8) is 0 Å². The van der Waals surface area contributed by atoms with Gasteiger partial charge in [0.1, 0.15) is 5.75 Å². The zero-order chi connectivity index (χ0) is 19.1. The molecule has 2 aromatic rings. The maximum atomic E-state index is 11.7. The van der Waals surface area contributed by atoms with E-state index >= 15 is 0 Å². The highest BCUT2D eigenvalue weighted by Gasteiger charge is 2.08. The molecule has 8 nitrogen and oxygen atoms in total. The normalized spacial score (nSPS) is 9.92. The Balaban J connectivity index is 1.76. The summed E-state index contributed by atoms with van der Waals surface area (Å²) in [7, 11) is 0. The minimum absolute atomic E-state index is 0.0410. The first-order valence-corrected chi connectivity index (χ1v) is 8.19. The van der Waals surface area contributed by atoms with Crippen molar-refractivity contribution in [1.29, 1.82) is 0 Å². The largest absolute Gasteiger partial charge is 0.482 e. The molecule has 0 aliphatic rings. The number of halogens is 2. The number of thiocarbonyl (C=S) groups is 1. The molecule has 2 rings (SSSR count). The number of rotatable bonds is 5. The first-order valence-electron chi connectivity index (χ1n) is 7.03. The Labute approximate surface area is 163 Å². The van der Waals surface area contributed by atoms with Gasteiger partial charge >= 0.3 is 0 Å². The average molecular weight is 415 g/mol. The standard InChI is InChI=1S/C15H12Cl2N4O4S/c16-9-1-6-13(12(17)7-9)25-8-14(22)19-20-15(26)18-10-2-4-11(5-3-10)21(23)24/h1-7H,8H2,(H,19,22)(H2,18,20,26). The lowest BCUT2D eigenvalue weighted by Crippen LogP contribution is -2.45. The van der Waals surface area contributed by atoms with Gasteiger partial charge in [-0.25, -0.2) is 0 Å². The minimum Gasteiger partial charge on any atom is -0.482 e. The molecule has 0 atom stereocenters. The summed E-state index contributed by atoms with van der Waals surface area (Å²) in [5.41, 5.74) is 5.30. The number of anilines is 1. The van der Waals surface area contributed by atoms with Crippen LogP contribution in [0.1, 0.15) is 0 Å². The molecule has 136 valence electrons. The van der Waals surface area contributed by atoms with Gasteiger partial charge in [0, 0.05) is 22.8 Å². The highest BCUT2D eigenvalue weighted by molar-refractivity contribution is 7.80. The Morgan fingerprint density at radius 1 is 1.15 bits per heavy atom. The molecular weight excluding hydrogens is 403 g/mol. The number of nitrogens with one attached hydrogen (secondary N) is 3. The molecule has 26 heavy (non-hydrogen) atoms. The number of carbonyl (C=O) groups excluding carboxylic acids is 1. The Morgan fingerprint density at radius 2 is 1.85 bits per heavy atom. The molecule has 2 aromatic carbocycles. The fourth-order valence-electron chi connectivity index (χ4n) is 1.73. The molecular formula is C15H12Cl2N4O4S. The molecule has 0 aromatic heterocycles. The summed E-state index contributed by atoms with van der Waals surface area (Å²) in [6.45, 7) is -0.297. The van der Waals surface area contributed by atoms with Crippen LogP contribution in [-0.4, -0.2) is 22.5 Å². The first kappa shape index (κ1) is 19.7. The molecule has 0 fully saturated rings. The van der Waals surface area contributed by atoms with Gasteiger partial charge in [-0.1, -0.05) is 23.2 Å². The fraction of sp³-hybridized carbons (Fsp3) is 0.0667. The number of ether oxygens (including phenoxy) is 1. The summed E-state index contributed by atoms with van der Waals surface area (Å²) >= 11 is 16.7. The molecule has 0 aliphatic carbocycles. The molecule has 11 heteroatoms. The van der Waals surface area contributed by atoms with E-state index < -0.39 is 10.8 Å². The van der Waals surface area contributed by atoms with Crippen molar-refractivity contribution in [2.75, 3.05) is 11.9 Å². The quantitative estimate of drug-likeness (QED) is 0.391. The van der Waals surface area contributed by atoms with E-state index in [0.717, 1.165) is 0 Å². The van der Waals surface area contributed by atoms with Crippen LogP contribution in [0.15, 0.2) is 42.5 Å². The first-order chi connectivity index (χ1) is 12.3. The average Bonchev–Trinajstić information content (AvgIpc) is 2.59. The molecule has 3 N–H and O–H groups in total. The van der Waals surface area contributed by atoms with Crippen molar-refractivity contribution in [3.8, 4) is 5.75 Å². The summed E-state index contributed by atoms with van der Waals surface area (Å²) < 4.78 is 5.27. The summed E-state index contributed by atoms with van der Waals surface area (Å²) in [5.74, 6) is -0.179. The zero-order valence-electron chi connectivity index (χ0n) is 13.0. The number of non-ortho nitro benzene ring substituents is 1. The predicted octanol–water partition coefficient (Wildman–Crippen LogP) is 3.30. The summed E-state index contributed by atoms with van der Waals surface area (Å²) in [6, 6.07) is 10.3. The van der Waals surface area contributed by atoms with E-state index in [1.807, 2.05) is 0 Å². The number of hydrogen-bond donors (Lipinski definition) is 3. The van der Waals surface area contributed by atoms with Crippen molar-refractivity contribution in [2.45, 2.75) is 0 Å². The van der Waals surface area contributed by atoms with E-state index in [2.05, 4.69) is 16.2 Å².